The number of hydrogen-bond donors (Lipinski definition) is 2. The van der Waals surface area contributed by atoms with Crippen LogP contribution >= 0.6 is 23.2 Å². The maximum atomic E-state index is 13.1. The van der Waals surface area contributed by atoms with Crippen molar-refractivity contribution < 1.29 is 4.79 Å². The standard InChI is InChI=1S/C26H30Cl2N4O/c1-4-26-12-11-20(19-10-7-17(13-21(19)28)24(30-3)31-14-29)22(16-5-8-18(27)9-6-16)23(26)15(2)32-25(26)33/h5-10,13-15,20,22-23H,4,11-12H2,1-3H3,(H,32,33)(H2,29,30,31)/t15-,20+,22+,23+,26-/m1/s1. The molecule has 3 N–H and O–H groups in total. The lowest BCUT2D eigenvalue weighted by Crippen LogP contribution is -2.43. The van der Waals surface area contributed by atoms with Crippen molar-refractivity contribution in [1.82, 2.24) is 5.32 Å². The molecule has 33 heavy (non-hydrogen) atoms. The smallest absolute Gasteiger partial charge is 0.226 e. The Hall–Kier alpha value is -2.37. The quantitative estimate of drug-likeness (QED) is 0.440. The van der Waals surface area contributed by atoms with Gasteiger partial charge in [0, 0.05) is 34.6 Å². The van der Waals surface area contributed by atoms with Crippen LogP contribution in [-0.2, 0) is 4.79 Å². The van der Waals surface area contributed by atoms with Crippen LogP contribution in [0.2, 0.25) is 10.0 Å². The van der Waals surface area contributed by atoms with Crippen LogP contribution in [0, 0.1) is 11.3 Å². The van der Waals surface area contributed by atoms with Crippen LogP contribution in [0.4, 0.5) is 0 Å². The first-order chi connectivity index (χ1) is 15.9. The summed E-state index contributed by atoms with van der Waals surface area (Å²) in [6, 6.07) is 14.1. The molecule has 2 aromatic rings. The average molecular weight is 485 g/mol. The Kier molecular flexibility index (Phi) is 6.83. The Labute approximate surface area is 205 Å². The molecule has 2 aromatic carbocycles. The molecule has 1 saturated heterocycles. The Morgan fingerprint density at radius 3 is 2.58 bits per heavy atom. The number of rotatable bonds is 4. The fraction of sp³-hybridized carbons (Fsp3) is 0.423. The molecule has 1 amide bonds. The van der Waals surface area contributed by atoms with Gasteiger partial charge < -0.3 is 11.1 Å². The van der Waals surface area contributed by atoms with Crippen molar-refractivity contribution >= 4 is 41.3 Å². The summed E-state index contributed by atoms with van der Waals surface area (Å²) < 4.78 is 0. The molecule has 0 spiro atoms. The lowest BCUT2D eigenvalue weighted by Gasteiger charge is -2.47. The highest BCUT2D eigenvalue weighted by Crippen LogP contribution is 2.60. The van der Waals surface area contributed by atoms with Gasteiger partial charge >= 0.3 is 0 Å². The highest BCUT2D eigenvalue weighted by molar-refractivity contribution is 6.32. The predicted octanol–water partition coefficient (Wildman–Crippen LogP) is 5.55. The fourth-order valence-corrected chi connectivity index (χ4v) is 6.64. The summed E-state index contributed by atoms with van der Waals surface area (Å²) in [6.45, 7) is 4.26. The Morgan fingerprint density at radius 1 is 1.24 bits per heavy atom. The molecule has 1 heterocycles. The zero-order valence-corrected chi connectivity index (χ0v) is 20.7. The molecule has 1 saturated carbocycles. The molecule has 4 rings (SSSR count). The second kappa shape index (κ2) is 9.47. The van der Waals surface area contributed by atoms with Crippen molar-refractivity contribution in [3.63, 3.8) is 0 Å². The number of amidine groups is 1. The van der Waals surface area contributed by atoms with E-state index < -0.39 is 0 Å². The summed E-state index contributed by atoms with van der Waals surface area (Å²) in [6.07, 6.45) is 3.78. The van der Waals surface area contributed by atoms with Gasteiger partial charge in [-0.15, -0.1) is 0 Å². The van der Waals surface area contributed by atoms with E-state index in [0.29, 0.717) is 15.9 Å². The second-order valence-electron chi connectivity index (χ2n) is 9.08. The van der Waals surface area contributed by atoms with Gasteiger partial charge in [0.15, 0.2) is 5.84 Å². The van der Waals surface area contributed by atoms with Crippen molar-refractivity contribution in [1.29, 1.82) is 0 Å². The van der Waals surface area contributed by atoms with E-state index in [1.807, 2.05) is 24.3 Å². The number of benzene rings is 2. The molecule has 2 fully saturated rings. The number of amides is 1. The summed E-state index contributed by atoms with van der Waals surface area (Å²) in [4.78, 5) is 21.5. The molecular formula is C26H30Cl2N4O. The van der Waals surface area contributed by atoms with Crippen molar-refractivity contribution in [2.75, 3.05) is 7.05 Å². The number of nitrogens with one attached hydrogen (secondary N) is 1. The Balaban J connectivity index is 1.82. The monoisotopic (exact) mass is 484 g/mol. The van der Waals surface area contributed by atoms with Crippen LogP contribution in [0.25, 0.3) is 0 Å². The largest absolute Gasteiger partial charge is 0.390 e. The van der Waals surface area contributed by atoms with Crippen LogP contribution < -0.4 is 11.1 Å². The molecular weight excluding hydrogens is 455 g/mol. The third-order valence-electron chi connectivity index (χ3n) is 7.66. The number of halogens is 2. The Bertz CT molecular complexity index is 1100. The minimum atomic E-state index is -0.357. The average Bonchev–Trinajstić information content (AvgIpc) is 3.07. The zero-order valence-electron chi connectivity index (χ0n) is 19.2. The third kappa shape index (κ3) is 4.06. The van der Waals surface area contributed by atoms with E-state index in [0.717, 1.165) is 30.4 Å². The van der Waals surface area contributed by atoms with Crippen LogP contribution in [0.1, 0.15) is 61.6 Å². The highest BCUT2D eigenvalue weighted by atomic mass is 35.5. The second-order valence-corrected chi connectivity index (χ2v) is 9.93. The van der Waals surface area contributed by atoms with Gasteiger partial charge in [0.05, 0.1) is 11.8 Å². The number of hydrogen-bond acceptors (Lipinski definition) is 2. The zero-order chi connectivity index (χ0) is 23.8. The summed E-state index contributed by atoms with van der Waals surface area (Å²) in [7, 11) is 1.68. The number of carbonyl (C=O) groups excluding carboxylic acids is 1. The summed E-state index contributed by atoms with van der Waals surface area (Å²) >= 11 is 13.1. The van der Waals surface area contributed by atoms with E-state index >= 15 is 0 Å². The normalized spacial score (nSPS) is 29.8. The molecule has 0 unspecified atom stereocenters. The summed E-state index contributed by atoms with van der Waals surface area (Å²) in [5.74, 6) is 1.19. The topological polar surface area (TPSA) is 79.8 Å². The first-order valence-electron chi connectivity index (χ1n) is 11.4. The minimum absolute atomic E-state index is 0.0803. The predicted molar refractivity (Wildman–Crippen MR) is 137 cm³/mol. The van der Waals surface area contributed by atoms with Crippen molar-refractivity contribution in [3.05, 3.63) is 69.2 Å². The summed E-state index contributed by atoms with van der Waals surface area (Å²) in [5.41, 5.74) is 8.22. The SMILES string of the molecule is CC[C@@]12CC[C@@H](c3ccc(C(N=CN)=NC)cc3Cl)[C@H](c3ccc(Cl)cc3)[C@@H]1[C@@H](C)NC2=O. The molecule has 5 nitrogen and oxygen atoms in total. The van der Waals surface area contributed by atoms with E-state index in [1.54, 1.807) is 7.05 Å². The van der Waals surface area contributed by atoms with Crippen molar-refractivity contribution in [3.8, 4) is 0 Å². The number of carbonyl (C=O) groups is 1. The summed E-state index contributed by atoms with van der Waals surface area (Å²) in [5, 5.41) is 4.64. The van der Waals surface area contributed by atoms with Gasteiger partial charge in [-0.05, 0) is 67.3 Å². The maximum Gasteiger partial charge on any atom is 0.226 e. The number of aliphatic imine (C=N–C) groups is 2. The highest BCUT2D eigenvalue weighted by Gasteiger charge is 2.59. The third-order valence-corrected chi connectivity index (χ3v) is 8.24. The number of nitrogens with zero attached hydrogens (tertiary/aromatic N) is 2. The maximum absolute atomic E-state index is 13.1. The van der Waals surface area contributed by atoms with Crippen LogP contribution in [0.3, 0.4) is 0 Å². The van der Waals surface area contributed by atoms with E-state index in [-0.39, 0.29) is 35.1 Å². The first kappa shape index (κ1) is 23.8. The molecule has 0 aromatic heterocycles. The molecule has 1 aliphatic carbocycles. The molecule has 2 aliphatic rings. The molecule has 7 heteroatoms. The van der Waals surface area contributed by atoms with E-state index in [1.165, 1.54) is 11.9 Å². The Morgan fingerprint density at radius 2 is 1.97 bits per heavy atom. The molecule has 1 aliphatic heterocycles. The van der Waals surface area contributed by atoms with Gasteiger partial charge in [-0.2, -0.15) is 0 Å². The van der Waals surface area contributed by atoms with Gasteiger partial charge in [0.2, 0.25) is 5.91 Å². The fourth-order valence-electron chi connectivity index (χ4n) is 6.19. The lowest BCUT2D eigenvalue weighted by atomic mass is 9.54. The minimum Gasteiger partial charge on any atom is -0.390 e. The first-order valence-corrected chi connectivity index (χ1v) is 12.2. The van der Waals surface area contributed by atoms with E-state index in [4.69, 9.17) is 28.9 Å². The van der Waals surface area contributed by atoms with Gasteiger partial charge in [0.25, 0.3) is 0 Å². The van der Waals surface area contributed by atoms with E-state index in [2.05, 4.69) is 47.3 Å². The van der Waals surface area contributed by atoms with Crippen molar-refractivity contribution in [2.45, 2.75) is 51.0 Å². The molecule has 174 valence electrons. The van der Waals surface area contributed by atoms with Crippen molar-refractivity contribution in [2.24, 2.45) is 27.1 Å². The van der Waals surface area contributed by atoms with Gasteiger partial charge in [0.1, 0.15) is 0 Å². The molecule has 5 atom stereocenters. The van der Waals surface area contributed by atoms with Gasteiger partial charge in [-0.3, -0.25) is 9.79 Å². The van der Waals surface area contributed by atoms with Crippen LogP contribution in [0.5, 0.6) is 0 Å². The molecule has 0 radical (unpaired) electrons. The van der Waals surface area contributed by atoms with E-state index in [9.17, 15) is 4.79 Å². The molecule has 0 bridgehead atoms. The number of nitrogens with two attached hydrogens (primary N) is 1. The van der Waals surface area contributed by atoms with Crippen LogP contribution in [-0.4, -0.2) is 31.2 Å². The van der Waals surface area contributed by atoms with Gasteiger partial charge in [-0.1, -0.05) is 54.4 Å². The lowest BCUT2D eigenvalue weighted by molar-refractivity contribution is -0.131. The number of fused-ring (bicyclic) bond motifs is 1. The van der Waals surface area contributed by atoms with Crippen LogP contribution in [0.15, 0.2) is 52.4 Å². The van der Waals surface area contributed by atoms with Gasteiger partial charge in [-0.25, -0.2) is 4.99 Å².